The van der Waals surface area contributed by atoms with Crippen molar-refractivity contribution in [1.82, 2.24) is 25.1 Å². The zero-order valence-corrected chi connectivity index (χ0v) is 18.5. The van der Waals surface area contributed by atoms with Crippen molar-refractivity contribution in [2.45, 2.75) is 11.8 Å². The standard InChI is InChI=1S/C20H20FN7O3S/c1-10-16(21)8-14-17(27-28-19(14)24-10)15-9-23-20(26-18(15)22-2)25-11-5-12(31-3)7-13(6-11)32(4,29)30/h5-9H,1-4H3,(H,24,27,28)(H2,22,23,25,26). The topological polar surface area (TPSA) is 135 Å². The highest BCUT2D eigenvalue weighted by molar-refractivity contribution is 7.90. The van der Waals surface area contributed by atoms with Crippen LogP contribution >= 0.6 is 0 Å². The third-order valence-corrected chi connectivity index (χ3v) is 5.86. The van der Waals surface area contributed by atoms with Crippen LogP contribution in [0.2, 0.25) is 0 Å². The summed E-state index contributed by atoms with van der Waals surface area (Å²) in [7, 11) is -0.315. The second-order valence-electron chi connectivity index (χ2n) is 7.03. The molecule has 0 bridgehead atoms. The van der Waals surface area contributed by atoms with Crippen LogP contribution in [0, 0.1) is 12.7 Å². The lowest BCUT2D eigenvalue weighted by molar-refractivity contribution is 0.413. The van der Waals surface area contributed by atoms with E-state index in [0.717, 1.165) is 6.26 Å². The van der Waals surface area contributed by atoms with Crippen molar-refractivity contribution in [2.24, 2.45) is 0 Å². The highest BCUT2D eigenvalue weighted by Gasteiger charge is 2.17. The van der Waals surface area contributed by atoms with Crippen LogP contribution in [0.1, 0.15) is 5.69 Å². The van der Waals surface area contributed by atoms with Crippen molar-refractivity contribution < 1.29 is 17.5 Å². The van der Waals surface area contributed by atoms with Crippen LogP contribution < -0.4 is 15.4 Å². The number of aromatic amines is 1. The maximum atomic E-state index is 14.1. The van der Waals surface area contributed by atoms with E-state index in [1.807, 2.05) is 0 Å². The van der Waals surface area contributed by atoms with Gasteiger partial charge in [-0.15, -0.1) is 0 Å². The lowest BCUT2D eigenvalue weighted by atomic mass is 10.1. The molecule has 1 aromatic carbocycles. The minimum absolute atomic E-state index is 0.0959. The van der Waals surface area contributed by atoms with Crippen molar-refractivity contribution in [3.8, 4) is 17.0 Å². The summed E-state index contributed by atoms with van der Waals surface area (Å²) >= 11 is 0. The van der Waals surface area contributed by atoms with Gasteiger partial charge in [0.15, 0.2) is 15.5 Å². The van der Waals surface area contributed by atoms with Crippen LogP contribution in [0.3, 0.4) is 0 Å². The number of fused-ring (bicyclic) bond motifs is 1. The van der Waals surface area contributed by atoms with E-state index in [4.69, 9.17) is 4.74 Å². The van der Waals surface area contributed by atoms with Crippen LogP contribution in [0.5, 0.6) is 5.75 Å². The van der Waals surface area contributed by atoms with E-state index in [0.29, 0.717) is 39.5 Å². The number of hydrogen-bond donors (Lipinski definition) is 3. The number of ether oxygens (including phenoxy) is 1. The van der Waals surface area contributed by atoms with Crippen LogP contribution in [0.4, 0.5) is 21.8 Å². The first-order valence-corrected chi connectivity index (χ1v) is 11.3. The van der Waals surface area contributed by atoms with E-state index >= 15 is 0 Å². The predicted octanol–water partition coefficient (Wildman–Crippen LogP) is 3.06. The predicted molar refractivity (Wildman–Crippen MR) is 119 cm³/mol. The van der Waals surface area contributed by atoms with E-state index in [2.05, 4.69) is 35.8 Å². The van der Waals surface area contributed by atoms with Gasteiger partial charge in [-0.05, 0) is 25.1 Å². The van der Waals surface area contributed by atoms with Gasteiger partial charge < -0.3 is 15.4 Å². The van der Waals surface area contributed by atoms with Gasteiger partial charge >= 0.3 is 0 Å². The zero-order chi connectivity index (χ0) is 23.0. The van der Waals surface area contributed by atoms with Crippen molar-refractivity contribution in [1.29, 1.82) is 0 Å². The molecule has 166 valence electrons. The number of aromatic nitrogens is 5. The van der Waals surface area contributed by atoms with E-state index in [1.54, 1.807) is 26.2 Å². The Bertz CT molecular complexity index is 1440. The average molecular weight is 457 g/mol. The molecule has 0 saturated carbocycles. The summed E-state index contributed by atoms with van der Waals surface area (Å²) in [6.45, 7) is 1.57. The summed E-state index contributed by atoms with van der Waals surface area (Å²) in [6.07, 6.45) is 2.66. The number of pyridine rings is 1. The Hall–Kier alpha value is -3.80. The summed E-state index contributed by atoms with van der Waals surface area (Å²) in [5.74, 6) is 0.592. The Morgan fingerprint density at radius 1 is 1.16 bits per heavy atom. The largest absolute Gasteiger partial charge is 0.497 e. The Balaban J connectivity index is 1.74. The number of aryl methyl sites for hydroxylation is 1. The number of nitrogens with zero attached hydrogens (tertiary/aromatic N) is 4. The first-order chi connectivity index (χ1) is 15.2. The maximum Gasteiger partial charge on any atom is 0.229 e. The molecule has 0 atom stereocenters. The van der Waals surface area contributed by atoms with Gasteiger partial charge in [0.1, 0.15) is 17.4 Å². The number of nitrogens with one attached hydrogen (secondary N) is 3. The molecule has 32 heavy (non-hydrogen) atoms. The molecule has 4 rings (SSSR count). The van der Waals surface area contributed by atoms with E-state index < -0.39 is 15.7 Å². The highest BCUT2D eigenvalue weighted by atomic mass is 32.2. The van der Waals surface area contributed by atoms with Gasteiger partial charge in [0.25, 0.3) is 0 Å². The molecule has 4 aromatic rings. The third-order valence-electron chi connectivity index (χ3n) is 4.77. The molecule has 12 heteroatoms. The monoisotopic (exact) mass is 457 g/mol. The third kappa shape index (κ3) is 4.04. The molecular formula is C20H20FN7O3S. The molecule has 0 aliphatic heterocycles. The van der Waals surface area contributed by atoms with Crippen LogP contribution in [0.25, 0.3) is 22.3 Å². The fourth-order valence-electron chi connectivity index (χ4n) is 3.13. The summed E-state index contributed by atoms with van der Waals surface area (Å²) in [4.78, 5) is 13.0. The summed E-state index contributed by atoms with van der Waals surface area (Å²) < 4.78 is 43.2. The molecule has 0 fully saturated rings. The Morgan fingerprint density at radius 3 is 2.62 bits per heavy atom. The number of halogens is 1. The minimum atomic E-state index is -3.45. The summed E-state index contributed by atoms with van der Waals surface area (Å²) in [5.41, 5.74) is 2.16. The van der Waals surface area contributed by atoms with Gasteiger partial charge in [-0.1, -0.05) is 0 Å². The van der Waals surface area contributed by atoms with E-state index in [-0.39, 0.29) is 16.5 Å². The van der Waals surface area contributed by atoms with Crippen molar-refractivity contribution in [2.75, 3.05) is 31.0 Å². The number of anilines is 3. The normalized spacial score (nSPS) is 11.5. The number of rotatable bonds is 6. The zero-order valence-electron chi connectivity index (χ0n) is 17.7. The molecule has 0 aliphatic carbocycles. The van der Waals surface area contributed by atoms with Crippen LogP contribution in [-0.4, -0.2) is 54.0 Å². The van der Waals surface area contributed by atoms with Gasteiger partial charge in [0.2, 0.25) is 5.95 Å². The SMILES string of the molecule is CNc1nc(Nc2cc(OC)cc(S(C)(=O)=O)c2)ncc1-c1[nH]nc2nc(C)c(F)cc12. The molecule has 0 saturated heterocycles. The lowest BCUT2D eigenvalue weighted by Crippen LogP contribution is -2.04. The molecule has 3 heterocycles. The van der Waals surface area contributed by atoms with Gasteiger partial charge in [0, 0.05) is 36.6 Å². The van der Waals surface area contributed by atoms with Crippen LogP contribution in [0.15, 0.2) is 35.4 Å². The Labute approximate surface area is 183 Å². The molecule has 0 unspecified atom stereocenters. The second kappa shape index (κ2) is 8.04. The Morgan fingerprint density at radius 2 is 1.94 bits per heavy atom. The molecular weight excluding hydrogens is 437 g/mol. The van der Waals surface area contributed by atoms with Gasteiger partial charge in [-0.25, -0.2) is 22.8 Å². The van der Waals surface area contributed by atoms with E-state index in [9.17, 15) is 12.8 Å². The summed E-state index contributed by atoms with van der Waals surface area (Å²) in [5, 5.41) is 13.5. The number of sulfone groups is 1. The number of benzene rings is 1. The lowest BCUT2D eigenvalue weighted by Gasteiger charge is -2.12. The number of methoxy groups -OCH3 is 1. The quantitative estimate of drug-likeness (QED) is 0.399. The molecule has 0 radical (unpaired) electrons. The van der Waals surface area contributed by atoms with Gasteiger partial charge in [-0.2, -0.15) is 10.1 Å². The highest BCUT2D eigenvalue weighted by Crippen LogP contribution is 2.32. The Kier molecular flexibility index (Phi) is 5.38. The molecule has 0 spiro atoms. The molecule has 0 amide bonds. The average Bonchev–Trinajstić information content (AvgIpc) is 3.15. The molecule has 3 N–H and O–H groups in total. The fraction of sp³-hybridized carbons (Fsp3) is 0.200. The maximum absolute atomic E-state index is 14.1. The van der Waals surface area contributed by atoms with Crippen molar-refractivity contribution in [3.63, 3.8) is 0 Å². The minimum Gasteiger partial charge on any atom is -0.497 e. The van der Waals surface area contributed by atoms with Gasteiger partial charge in [-0.3, -0.25) is 5.10 Å². The smallest absolute Gasteiger partial charge is 0.229 e. The molecule has 0 aliphatic rings. The van der Waals surface area contributed by atoms with Crippen molar-refractivity contribution >= 4 is 38.3 Å². The number of H-pyrrole nitrogens is 1. The van der Waals surface area contributed by atoms with Crippen LogP contribution in [-0.2, 0) is 9.84 Å². The van der Waals surface area contributed by atoms with Gasteiger partial charge in [0.05, 0.1) is 29.0 Å². The molecule has 10 nitrogen and oxygen atoms in total. The first-order valence-electron chi connectivity index (χ1n) is 9.42. The van der Waals surface area contributed by atoms with Crippen molar-refractivity contribution in [3.05, 3.63) is 42.0 Å². The fourth-order valence-corrected chi connectivity index (χ4v) is 3.80. The number of hydrogen-bond acceptors (Lipinski definition) is 9. The second-order valence-corrected chi connectivity index (χ2v) is 9.04. The first kappa shape index (κ1) is 21.4. The summed E-state index contributed by atoms with van der Waals surface area (Å²) in [6, 6.07) is 5.89. The van der Waals surface area contributed by atoms with E-state index in [1.165, 1.54) is 25.3 Å². The molecule has 3 aromatic heterocycles.